The predicted octanol–water partition coefficient (Wildman–Crippen LogP) is 1.22. The average Bonchev–Trinajstić information content (AvgIpc) is 2.25. The van der Waals surface area contributed by atoms with E-state index in [0.717, 1.165) is 25.6 Å². The molecular formula is C14H29N3O. The maximum absolute atomic E-state index is 11.8. The van der Waals surface area contributed by atoms with Crippen LogP contribution in [-0.2, 0) is 4.79 Å². The largest absolute Gasteiger partial charge is 0.350 e. The number of nitrogens with zero attached hydrogens (tertiary/aromatic N) is 1. The minimum absolute atomic E-state index is 0.123. The second kappa shape index (κ2) is 7.10. The monoisotopic (exact) mass is 255 g/mol. The lowest BCUT2D eigenvalue weighted by atomic mass is 9.93. The molecular weight excluding hydrogens is 226 g/mol. The fraction of sp³-hybridized carbons (Fsp3) is 0.929. The van der Waals surface area contributed by atoms with Crippen LogP contribution in [-0.4, -0.2) is 49.6 Å². The van der Waals surface area contributed by atoms with Crippen molar-refractivity contribution in [2.24, 2.45) is 5.92 Å². The second-order valence-corrected chi connectivity index (χ2v) is 6.41. The molecule has 0 radical (unpaired) electrons. The zero-order valence-electron chi connectivity index (χ0n) is 12.4. The predicted molar refractivity (Wildman–Crippen MR) is 75.6 cm³/mol. The van der Waals surface area contributed by atoms with Crippen molar-refractivity contribution < 1.29 is 4.79 Å². The molecule has 1 saturated heterocycles. The first-order valence-electron chi connectivity index (χ1n) is 7.08. The van der Waals surface area contributed by atoms with E-state index in [1.165, 1.54) is 19.3 Å². The number of hydrogen-bond donors (Lipinski definition) is 2. The van der Waals surface area contributed by atoms with E-state index in [1.54, 1.807) is 0 Å². The minimum atomic E-state index is -0.123. The summed E-state index contributed by atoms with van der Waals surface area (Å²) in [5.41, 5.74) is -0.123. The van der Waals surface area contributed by atoms with E-state index in [0.29, 0.717) is 6.54 Å². The van der Waals surface area contributed by atoms with Gasteiger partial charge >= 0.3 is 0 Å². The molecule has 1 amide bonds. The van der Waals surface area contributed by atoms with Gasteiger partial charge in [-0.05, 0) is 72.6 Å². The van der Waals surface area contributed by atoms with Crippen LogP contribution in [0.4, 0.5) is 0 Å². The summed E-state index contributed by atoms with van der Waals surface area (Å²) in [5.74, 6) is 0.982. The fourth-order valence-corrected chi connectivity index (χ4v) is 2.44. The van der Waals surface area contributed by atoms with Crippen LogP contribution in [0.15, 0.2) is 0 Å². The van der Waals surface area contributed by atoms with E-state index >= 15 is 0 Å². The Morgan fingerprint density at radius 3 is 2.39 bits per heavy atom. The Morgan fingerprint density at radius 2 is 1.89 bits per heavy atom. The van der Waals surface area contributed by atoms with Crippen LogP contribution in [0, 0.1) is 5.92 Å². The first-order chi connectivity index (χ1) is 8.40. The fourth-order valence-electron chi connectivity index (χ4n) is 2.44. The molecule has 0 aromatic heterocycles. The van der Waals surface area contributed by atoms with Gasteiger partial charge < -0.3 is 10.6 Å². The molecule has 18 heavy (non-hydrogen) atoms. The number of carbonyl (C=O) groups excluding carboxylic acids is 1. The molecule has 0 unspecified atom stereocenters. The molecule has 0 aliphatic carbocycles. The van der Waals surface area contributed by atoms with E-state index in [-0.39, 0.29) is 11.4 Å². The molecule has 4 nitrogen and oxygen atoms in total. The van der Waals surface area contributed by atoms with Crippen molar-refractivity contribution in [2.45, 2.75) is 45.6 Å². The first-order valence-corrected chi connectivity index (χ1v) is 7.08. The molecule has 0 spiro atoms. The molecule has 1 fully saturated rings. The molecule has 4 heteroatoms. The molecule has 0 atom stereocenters. The minimum Gasteiger partial charge on any atom is -0.350 e. The molecule has 2 N–H and O–H groups in total. The zero-order valence-corrected chi connectivity index (χ0v) is 12.4. The van der Waals surface area contributed by atoms with Crippen LogP contribution in [0.2, 0.25) is 0 Å². The van der Waals surface area contributed by atoms with Gasteiger partial charge in [0, 0.05) is 5.54 Å². The molecule has 0 saturated carbocycles. The molecule has 0 bridgehead atoms. The number of rotatable bonds is 5. The van der Waals surface area contributed by atoms with Crippen molar-refractivity contribution in [3.8, 4) is 0 Å². The standard InChI is InChI=1S/C14H29N3O/c1-14(2,3)16-13(18)11-17-9-6-12(7-10-17)5-8-15-4/h12,15H,5-11H2,1-4H3,(H,16,18). The van der Waals surface area contributed by atoms with E-state index < -0.39 is 0 Å². The Labute approximate surface area is 111 Å². The Balaban J connectivity index is 2.21. The molecule has 106 valence electrons. The maximum atomic E-state index is 11.8. The summed E-state index contributed by atoms with van der Waals surface area (Å²) in [6, 6.07) is 0. The van der Waals surface area contributed by atoms with Gasteiger partial charge in [-0.3, -0.25) is 9.69 Å². The van der Waals surface area contributed by atoms with Crippen molar-refractivity contribution in [2.75, 3.05) is 33.2 Å². The van der Waals surface area contributed by atoms with Crippen LogP contribution in [0.25, 0.3) is 0 Å². The summed E-state index contributed by atoms with van der Waals surface area (Å²) in [7, 11) is 2.01. The highest BCUT2D eigenvalue weighted by molar-refractivity contribution is 5.78. The van der Waals surface area contributed by atoms with E-state index in [4.69, 9.17) is 0 Å². The van der Waals surface area contributed by atoms with Crippen LogP contribution in [0.3, 0.4) is 0 Å². The number of nitrogens with one attached hydrogen (secondary N) is 2. The highest BCUT2D eigenvalue weighted by atomic mass is 16.2. The molecule has 1 heterocycles. The van der Waals surface area contributed by atoms with E-state index in [2.05, 4.69) is 15.5 Å². The topological polar surface area (TPSA) is 44.4 Å². The highest BCUT2D eigenvalue weighted by Gasteiger charge is 2.21. The highest BCUT2D eigenvalue weighted by Crippen LogP contribution is 2.19. The number of hydrogen-bond acceptors (Lipinski definition) is 3. The van der Waals surface area contributed by atoms with Gasteiger partial charge in [0.25, 0.3) is 0 Å². The van der Waals surface area contributed by atoms with Crippen LogP contribution in [0.1, 0.15) is 40.0 Å². The molecule has 0 aromatic rings. The van der Waals surface area contributed by atoms with Crippen LogP contribution < -0.4 is 10.6 Å². The van der Waals surface area contributed by atoms with Gasteiger partial charge in [0.2, 0.25) is 5.91 Å². The Hall–Kier alpha value is -0.610. The normalized spacial score (nSPS) is 18.9. The Morgan fingerprint density at radius 1 is 1.28 bits per heavy atom. The third-order valence-corrected chi connectivity index (χ3v) is 3.39. The number of carbonyl (C=O) groups is 1. The van der Waals surface area contributed by atoms with Gasteiger partial charge in [-0.25, -0.2) is 0 Å². The third-order valence-electron chi connectivity index (χ3n) is 3.39. The average molecular weight is 255 g/mol. The summed E-state index contributed by atoms with van der Waals surface area (Å²) >= 11 is 0. The van der Waals surface area contributed by atoms with Gasteiger partial charge in [0.1, 0.15) is 0 Å². The van der Waals surface area contributed by atoms with Gasteiger partial charge in [-0.2, -0.15) is 0 Å². The van der Waals surface area contributed by atoms with Crippen molar-refractivity contribution in [1.29, 1.82) is 0 Å². The van der Waals surface area contributed by atoms with Crippen molar-refractivity contribution >= 4 is 5.91 Å². The lowest BCUT2D eigenvalue weighted by Crippen LogP contribution is -2.47. The third kappa shape index (κ3) is 6.36. The zero-order chi connectivity index (χ0) is 13.6. The lowest BCUT2D eigenvalue weighted by Gasteiger charge is -2.32. The molecule has 1 rings (SSSR count). The maximum Gasteiger partial charge on any atom is 0.234 e. The lowest BCUT2D eigenvalue weighted by molar-refractivity contribution is -0.124. The van der Waals surface area contributed by atoms with Crippen LogP contribution >= 0.6 is 0 Å². The second-order valence-electron chi connectivity index (χ2n) is 6.41. The van der Waals surface area contributed by atoms with E-state index in [1.807, 2.05) is 27.8 Å². The summed E-state index contributed by atoms with van der Waals surface area (Å²) in [5, 5.41) is 6.23. The SMILES string of the molecule is CNCCC1CCN(CC(=O)NC(C)(C)C)CC1. The van der Waals surface area contributed by atoms with Gasteiger partial charge in [0.15, 0.2) is 0 Å². The summed E-state index contributed by atoms with van der Waals surface area (Å²) in [6.07, 6.45) is 3.72. The number of likely N-dealkylation sites (tertiary alicyclic amines) is 1. The quantitative estimate of drug-likeness (QED) is 0.776. The van der Waals surface area contributed by atoms with Gasteiger partial charge in [-0.15, -0.1) is 0 Å². The summed E-state index contributed by atoms with van der Waals surface area (Å²) in [6.45, 7) is 9.85. The molecule has 0 aromatic carbocycles. The smallest absolute Gasteiger partial charge is 0.234 e. The Kier molecular flexibility index (Phi) is 6.09. The van der Waals surface area contributed by atoms with Gasteiger partial charge in [0.05, 0.1) is 6.54 Å². The number of amides is 1. The Bertz CT molecular complexity index is 252. The van der Waals surface area contributed by atoms with Crippen molar-refractivity contribution in [3.63, 3.8) is 0 Å². The van der Waals surface area contributed by atoms with Gasteiger partial charge in [-0.1, -0.05) is 0 Å². The first kappa shape index (κ1) is 15.4. The summed E-state index contributed by atoms with van der Waals surface area (Å²) in [4.78, 5) is 14.1. The molecule has 1 aliphatic heterocycles. The van der Waals surface area contributed by atoms with Crippen molar-refractivity contribution in [1.82, 2.24) is 15.5 Å². The van der Waals surface area contributed by atoms with Crippen LogP contribution in [0.5, 0.6) is 0 Å². The summed E-state index contributed by atoms with van der Waals surface area (Å²) < 4.78 is 0. The van der Waals surface area contributed by atoms with Crippen molar-refractivity contribution in [3.05, 3.63) is 0 Å². The number of piperidine rings is 1. The molecule has 1 aliphatic rings. The van der Waals surface area contributed by atoms with E-state index in [9.17, 15) is 4.79 Å².